The van der Waals surface area contributed by atoms with Crippen molar-refractivity contribution >= 4 is 57.2 Å². The van der Waals surface area contributed by atoms with Crippen LogP contribution in [0.25, 0.3) is 11.1 Å². The number of hydrogen-bond donors (Lipinski definition) is 0. The first kappa shape index (κ1) is 43.8. The van der Waals surface area contributed by atoms with Gasteiger partial charge in [-0.25, -0.2) is 0 Å². The molecule has 67 heavy (non-hydrogen) atoms. The van der Waals surface area contributed by atoms with Gasteiger partial charge in [-0.3, -0.25) is 0 Å². The summed E-state index contributed by atoms with van der Waals surface area (Å²) in [6.45, 7) is 33.7. The summed E-state index contributed by atoms with van der Waals surface area (Å²) in [7, 11) is 0. The van der Waals surface area contributed by atoms with Gasteiger partial charge in [0, 0.05) is 28.0 Å². The molecule has 0 amide bonds. The molecule has 0 unspecified atom stereocenters. The standard InChI is InChI=1S/C64H69BN2/c1-40-31-56-58(57(32-40)67-54-36-49-50(37-55(54)67)63(11,12)39-62(49,9)10)65(45-28-25-43(26-29-45)64(13,14)42-23-19-16-20-24-42)51-34-47-48(61(7,8)38-60(47,5)6)35-53(51)66(56)52-30-27-44(59(2,3)4)33-46(52)41-21-17-15-18-22-41/h15-37H,38-39H2,1-14H3. The first-order valence-electron chi connectivity index (χ1n) is 25.0. The second-order valence-corrected chi connectivity index (χ2v) is 25.0. The molecule has 0 N–H and O–H groups in total. The molecule has 2 aliphatic carbocycles. The van der Waals surface area contributed by atoms with Gasteiger partial charge in [-0.05, 0) is 150 Å². The molecular formula is C64H69BN2. The molecule has 2 aliphatic heterocycles. The SMILES string of the molecule is Cc1cc2c(c(N3c4cc5c(cc43)C(C)(C)CC5(C)C)c1)B(c1ccc(C(C)(C)c3ccccc3)cc1)c1cc3c(cc1N2c1ccc(C(C)(C)C)cc1-c1ccccc1)C(C)(C)CC3(C)C. The normalized spacial score (nSPS) is 18.0. The summed E-state index contributed by atoms with van der Waals surface area (Å²) in [6.07, 6.45) is 2.28. The van der Waals surface area contributed by atoms with Crippen LogP contribution in [0, 0.1) is 6.92 Å². The Morgan fingerprint density at radius 3 is 1.40 bits per heavy atom. The largest absolute Gasteiger partial charge is 0.311 e. The van der Waals surface area contributed by atoms with Crippen molar-refractivity contribution in [3.63, 3.8) is 0 Å². The van der Waals surface area contributed by atoms with Gasteiger partial charge in [-0.1, -0.05) is 193 Å². The number of hydrogen-bond acceptors (Lipinski definition) is 2. The number of aryl methyl sites for hydroxylation is 1. The molecule has 0 saturated carbocycles. The summed E-state index contributed by atoms with van der Waals surface area (Å²) in [5.74, 6) is 0. The zero-order valence-corrected chi connectivity index (χ0v) is 42.7. The summed E-state index contributed by atoms with van der Waals surface area (Å²) in [4.78, 5) is 5.29. The Balaban J connectivity index is 1.21. The molecule has 7 aromatic carbocycles. The van der Waals surface area contributed by atoms with Crippen molar-refractivity contribution in [3.8, 4) is 11.1 Å². The van der Waals surface area contributed by atoms with E-state index in [1.807, 2.05) is 0 Å². The summed E-state index contributed by atoms with van der Waals surface area (Å²) in [5, 5.41) is 0. The van der Waals surface area contributed by atoms with Crippen molar-refractivity contribution in [2.75, 3.05) is 9.80 Å². The fourth-order valence-corrected chi connectivity index (χ4v) is 13.5. The van der Waals surface area contributed by atoms with Gasteiger partial charge in [-0.2, -0.15) is 0 Å². The predicted molar refractivity (Wildman–Crippen MR) is 289 cm³/mol. The predicted octanol–water partition coefficient (Wildman–Crippen LogP) is 15.3. The smallest absolute Gasteiger partial charge is 0.249 e. The van der Waals surface area contributed by atoms with Gasteiger partial charge in [0.25, 0.3) is 0 Å². The van der Waals surface area contributed by atoms with Gasteiger partial charge in [0.1, 0.15) is 0 Å². The van der Waals surface area contributed by atoms with Gasteiger partial charge in [-0.15, -0.1) is 0 Å². The van der Waals surface area contributed by atoms with E-state index in [2.05, 4.69) is 246 Å². The number of rotatable bonds is 6. The molecule has 0 spiro atoms. The van der Waals surface area contributed by atoms with Gasteiger partial charge < -0.3 is 9.80 Å². The van der Waals surface area contributed by atoms with Crippen molar-refractivity contribution in [3.05, 3.63) is 184 Å². The van der Waals surface area contributed by atoms with Crippen molar-refractivity contribution in [1.82, 2.24) is 0 Å². The minimum Gasteiger partial charge on any atom is -0.311 e. The number of nitrogens with zero attached hydrogens (tertiary/aromatic N) is 2. The summed E-state index contributed by atoms with van der Waals surface area (Å²) in [6, 6.07) is 54.5. The van der Waals surface area contributed by atoms with Crippen molar-refractivity contribution < 1.29 is 0 Å². The Kier molecular flexibility index (Phi) is 9.38. The van der Waals surface area contributed by atoms with E-state index in [9.17, 15) is 0 Å². The monoisotopic (exact) mass is 877 g/mol. The highest BCUT2D eigenvalue weighted by Gasteiger charge is 2.50. The molecule has 0 fully saturated rings. The van der Waals surface area contributed by atoms with E-state index in [4.69, 9.17) is 0 Å². The molecule has 0 atom stereocenters. The Hall–Kier alpha value is -5.80. The second-order valence-electron chi connectivity index (χ2n) is 25.0. The van der Waals surface area contributed by atoms with Crippen LogP contribution in [0.4, 0.5) is 34.1 Å². The van der Waals surface area contributed by atoms with Crippen LogP contribution in [0.1, 0.15) is 147 Å². The Morgan fingerprint density at radius 2 is 0.881 bits per heavy atom. The van der Waals surface area contributed by atoms with Crippen LogP contribution in [-0.2, 0) is 32.5 Å². The molecule has 11 rings (SSSR count). The van der Waals surface area contributed by atoms with Crippen molar-refractivity contribution in [1.29, 1.82) is 0 Å². The zero-order chi connectivity index (χ0) is 47.4. The Labute approximate surface area is 402 Å². The third-order valence-corrected chi connectivity index (χ3v) is 16.7. The lowest BCUT2D eigenvalue weighted by Crippen LogP contribution is -2.58. The summed E-state index contributed by atoms with van der Waals surface area (Å²) in [5.41, 5.74) is 25.7. The fraction of sp³-hybridized carbons (Fsp3) is 0.344. The highest BCUT2D eigenvalue weighted by Crippen LogP contribution is 2.61. The van der Waals surface area contributed by atoms with E-state index < -0.39 is 0 Å². The Morgan fingerprint density at radius 1 is 0.433 bits per heavy atom. The lowest BCUT2D eigenvalue weighted by molar-refractivity contribution is 0.402. The highest BCUT2D eigenvalue weighted by atomic mass is 15.3. The Bertz CT molecular complexity index is 3100. The molecule has 4 aliphatic rings. The van der Waals surface area contributed by atoms with Crippen LogP contribution in [-0.4, -0.2) is 6.71 Å². The minimum atomic E-state index is -0.145. The average Bonchev–Trinajstić information content (AvgIpc) is 3.90. The average molecular weight is 877 g/mol. The topological polar surface area (TPSA) is 6.25 Å². The lowest BCUT2D eigenvalue weighted by atomic mass is 9.34. The molecule has 0 radical (unpaired) electrons. The number of benzene rings is 7. The first-order chi connectivity index (χ1) is 31.5. The van der Waals surface area contributed by atoms with Gasteiger partial charge in [0.05, 0.1) is 17.1 Å². The van der Waals surface area contributed by atoms with E-state index in [0.717, 1.165) is 12.8 Å². The quantitative estimate of drug-likeness (QED) is 0.121. The molecule has 7 aromatic rings. The minimum absolute atomic E-state index is 0.0129. The summed E-state index contributed by atoms with van der Waals surface area (Å²) < 4.78 is 0. The molecule has 0 aromatic heterocycles. The van der Waals surface area contributed by atoms with Gasteiger partial charge >= 0.3 is 0 Å². The van der Waals surface area contributed by atoms with E-state index in [1.54, 1.807) is 0 Å². The van der Waals surface area contributed by atoms with Crippen LogP contribution in [0.2, 0.25) is 0 Å². The van der Waals surface area contributed by atoms with Crippen LogP contribution >= 0.6 is 0 Å². The highest BCUT2D eigenvalue weighted by molar-refractivity contribution is 6.99. The van der Waals surface area contributed by atoms with E-state index in [1.165, 1.54) is 106 Å². The number of fused-ring (bicyclic) bond motifs is 5. The summed E-state index contributed by atoms with van der Waals surface area (Å²) >= 11 is 0. The maximum absolute atomic E-state index is 2.68. The fourth-order valence-electron chi connectivity index (χ4n) is 13.5. The molecule has 2 heterocycles. The van der Waals surface area contributed by atoms with E-state index >= 15 is 0 Å². The molecule has 0 saturated heterocycles. The third kappa shape index (κ3) is 6.80. The van der Waals surface area contributed by atoms with Crippen LogP contribution in [0.15, 0.2) is 140 Å². The van der Waals surface area contributed by atoms with Crippen LogP contribution < -0.4 is 26.2 Å². The zero-order valence-electron chi connectivity index (χ0n) is 42.7. The van der Waals surface area contributed by atoms with Gasteiger partial charge in [0.15, 0.2) is 0 Å². The second kappa shape index (κ2) is 14.4. The van der Waals surface area contributed by atoms with E-state index in [0.29, 0.717) is 0 Å². The molecule has 0 bridgehead atoms. The van der Waals surface area contributed by atoms with Crippen LogP contribution in [0.5, 0.6) is 0 Å². The lowest BCUT2D eigenvalue weighted by Gasteiger charge is -2.41. The van der Waals surface area contributed by atoms with E-state index in [-0.39, 0.29) is 39.2 Å². The maximum atomic E-state index is 2.68. The van der Waals surface area contributed by atoms with Crippen molar-refractivity contribution in [2.45, 2.75) is 142 Å². The maximum Gasteiger partial charge on any atom is 0.249 e. The third-order valence-electron chi connectivity index (χ3n) is 16.7. The van der Waals surface area contributed by atoms with Gasteiger partial charge in [0.2, 0.25) is 6.71 Å². The van der Waals surface area contributed by atoms with Crippen molar-refractivity contribution in [2.24, 2.45) is 0 Å². The molecular weight excluding hydrogens is 808 g/mol. The van der Waals surface area contributed by atoms with Crippen LogP contribution in [0.3, 0.4) is 0 Å². The molecule has 2 nitrogen and oxygen atoms in total. The number of anilines is 6. The first-order valence-corrected chi connectivity index (χ1v) is 25.0. The molecule has 3 heteroatoms. The molecule has 338 valence electrons.